The molecule has 0 bridgehead atoms. The third kappa shape index (κ3) is 3.25. The van der Waals surface area contributed by atoms with Crippen LogP contribution in [0.1, 0.15) is 28.8 Å². The molecule has 3 aromatic carbocycles. The monoisotopic (exact) mass is 516 g/mol. The largest absolute Gasteiger partial charge is 0.497 e. The normalized spacial score (nSPS) is 18.2. The van der Waals surface area contributed by atoms with E-state index in [0.717, 1.165) is 49.7 Å². The summed E-state index contributed by atoms with van der Waals surface area (Å²) >= 11 is 3.62. The lowest BCUT2D eigenvalue weighted by Gasteiger charge is -2.39. The van der Waals surface area contributed by atoms with Gasteiger partial charge in [-0.2, -0.15) is 10.1 Å². The molecule has 2 unspecified atom stereocenters. The average Bonchev–Trinajstić information content (AvgIpc) is 3.35. The molecule has 2 atom stereocenters. The van der Waals surface area contributed by atoms with Crippen LogP contribution in [0.2, 0.25) is 0 Å². The number of nitrogens with one attached hydrogen (secondary N) is 1. The van der Waals surface area contributed by atoms with Crippen LogP contribution in [0.15, 0.2) is 83.1 Å². The van der Waals surface area contributed by atoms with Crippen molar-refractivity contribution >= 4 is 27.6 Å². The van der Waals surface area contributed by atoms with Crippen molar-refractivity contribution in [3.8, 4) is 17.2 Å². The Labute approximate surface area is 205 Å². The number of hydrogen-bond acceptors (Lipinski definition) is 6. The summed E-state index contributed by atoms with van der Waals surface area (Å²) in [5.41, 5.74) is 4.94. The molecule has 34 heavy (non-hydrogen) atoms. The zero-order valence-corrected chi connectivity index (χ0v) is 20.1. The topological polar surface area (TPSA) is 70.4 Å². The number of hydrogen-bond donors (Lipinski definition) is 1. The van der Waals surface area contributed by atoms with E-state index in [-0.39, 0.29) is 6.04 Å². The molecule has 0 fully saturated rings. The van der Waals surface area contributed by atoms with Gasteiger partial charge in [-0.15, -0.1) is 0 Å². The van der Waals surface area contributed by atoms with Gasteiger partial charge in [0.1, 0.15) is 29.6 Å². The number of ether oxygens (including phenoxy) is 3. The van der Waals surface area contributed by atoms with Crippen molar-refractivity contribution in [2.75, 3.05) is 19.5 Å². The molecule has 0 spiro atoms. The summed E-state index contributed by atoms with van der Waals surface area (Å²) in [6, 6.07) is 21.8. The van der Waals surface area contributed by atoms with E-state index in [2.05, 4.69) is 49.5 Å². The van der Waals surface area contributed by atoms with Crippen LogP contribution in [0.4, 0.5) is 5.95 Å². The van der Waals surface area contributed by atoms with Crippen LogP contribution in [0, 0.1) is 0 Å². The van der Waals surface area contributed by atoms with Crippen LogP contribution in [0.3, 0.4) is 0 Å². The second-order valence-electron chi connectivity index (χ2n) is 8.04. The van der Waals surface area contributed by atoms with Gasteiger partial charge in [-0.3, -0.25) is 0 Å². The van der Waals surface area contributed by atoms with E-state index in [4.69, 9.17) is 14.2 Å². The number of nitrogens with zero attached hydrogens (tertiary/aromatic N) is 3. The van der Waals surface area contributed by atoms with E-state index in [1.807, 2.05) is 53.2 Å². The van der Waals surface area contributed by atoms with Crippen LogP contribution in [0.25, 0.3) is 5.70 Å². The van der Waals surface area contributed by atoms with E-state index in [1.165, 1.54) is 0 Å². The summed E-state index contributed by atoms with van der Waals surface area (Å²) in [5, 5.41) is 8.09. The summed E-state index contributed by atoms with van der Waals surface area (Å²) < 4.78 is 20.7. The Balaban J connectivity index is 1.63. The van der Waals surface area contributed by atoms with Crippen molar-refractivity contribution in [3.05, 3.63) is 99.8 Å². The van der Waals surface area contributed by atoms with Crippen LogP contribution in [-0.4, -0.2) is 29.0 Å². The third-order valence-corrected chi connectivity index (χ3v) is 6.72. The van der Waals surface area contributed by atoms with Crippen molar-refractivity contribution in [1.82, 2.24) is 14.8 Å². The standard InChI is InChI=1S/C26H21BrN4O3/c1-32-17-10-7-15(8-11-17)24-22-23(30-26-28-14-29-31(24)26)18-5-3-4-6-21(18)34-25(22)19-13-16(27)9-12-20(19)33-2/h3-14,24-25H,1-2H3,(H,28,29,30). The second-order valence-corrected chi connectivity index (χ2v) is 8.96. The molecule has 0 amide bonds. The summed E-state index contributed by atoms with van der Waals surface area (Å²) in [5.74, 6) is 3.01. The Kier molecular flexibility index (Phi) is 5.03. The summed E-state index contributed by atoms with van der Waals surface area (Å²) in [7, 11) is 3.34. The quantitative estimate of drug-likeness (QED) is 0.379. The molecule has 4 aromatic rings. The minimum Gasteiger partial charge on any atom is -0.497 e. The third-order valence-electron chi connectivity index (χ3n) is 6.23. The lowest BCUT2D eigenvalue weighted by atomic mass is 9.84. The first-order valence-electron chi connectivity index (χ1n) is 10.8. The maximum Gasteiger partial charge on any atom is 0.226 e. The van der Waals surface area contributed by atoms with Gasteiger partial charge in [0.25, 0.3) is 0 Å². The Morgan fingerprint density at radius 2 is 1.82 bits per heavy atom. The predicted molar refractivity (Wildman–Crippen MR) is 132 cm³/mol. The number of aromatic nitrogens is 3. The predicted octanol–water partition coefficient (Wildman–Crippen LogP) is 5.62. The van der Waals surface area contributed by atoms with Crippen LogP contribution >= 0.6 is 15.9 Å². The molecular formula is C26H21BrN4O3. The highest BCUT2D eigenvalue weighted by molar-refractivity contribution is 9.10. The minimum atomic E-state index is -0.422. The van der Waals surface area contributed by atoms with Crippen LogP contribution in [-0.2, 0) is 0 Å². The summed E-state index contributed by atoms with van der Waals surface area (Å²) in [6.45, 7) is 0. The fraction of sp³-hybridized carbons (Fsp3) is 0.154. The zero-order chi connectivity index (χ0) is 23.2. The number of rotatable bonds is 4. The lowest BCUT2D eigenvalue weighted by Crippen LogP contribution is -2.32. The van der Waals surface area contributed by atoms with E-state index < -0.39 is 6.10 Å². The van der Waals surface area contributed by atoms with Crippen molar-refractivity contribution in [2.45, 2.75) is 12.1 Å². The fourth-order valence-corrected chi connectivity index (χ4v) is 5.07. The molecule has 2 aliphatic heterocycles. The molecule has 0 radical (unpaired) electrons. The maximum absolute atomic E-state index is 6.69. The van der Waals surface area contributed by atoms with Crippen molar-refractivity contribution in [2.24, 2.45) is 0 Å². The number of benzene rings is 3. The first-order chi connectivity index (χ1) is 16.7. The Morgan fingerprint density at radius 1 is 1.00 bits per heavy atom. The van der Waals surface area contributed by atoms with E-state index >= 15 is 0 Å². The van der Waals surface area contributed by atoms with Gasteiger partial charge in [-0.1, -0.05) is 40.2 Å². The zero-order valence-electron chi connectivity index (χ0n) is 18.5. The molecule has 1 aromatic heterocycles. The van der Waals surface area contributed by atoms with Gasteiger partial charge in [-0.25, -0.2) is 4.68 Å². The van der Waals surface area contributed by atoms with Crippen molar-refractivity contribution in [1.29, 1.82) is 0 Å². The van der Waals surface area contributed by atoms with E-state index in [9.17, 15) is 0 Å². The SMILES string of the molecule is COc1ccc(C2C3=C(Nc4ncnn42)c2ccccc2OC3c2cc(Br)ccc2OC)cc1. The molecule has 170 valence electrons. The molecule has 0 saturated heterocycles. The minimum absolute atomic E-state index is 0.248. The van der Waals surface area contributed by atoms with Crippen molar-refractivity contribution < 1.29 is 14.2 Å². The summed E-state index contributed by atoms with van der Waals surface area (Å²) in [6.07, 6.45) is 1.15. The van der Waals surface area contributed by atoms with Gasteiger partial charge in [0.15, 0.2) is 6.10 Å². The van der Waals surface area contributed by atoms with Gasteiger partial charge in [0.05, 0.1) is 19.9 Å². The van der Waals surface area contributed by atoms with Gasteiger partial charge >= 0.3 is 0 Å². The molecule has 1 N–H and O–H groups in total. The van der Waals surface area contributed by atoms with Gasteiger partial charge < -0.3 is 19.5 Å². The first-order valence-corrected chi connectivity index (χ1v) is 11.6. The highest BCUT2D eigenvalue weighted by atomic mass is 79.9. The summed E-state index contributed by atoms with van der Waals surface area (Å²) in [4.78, 5) is 4.48. The number of para-hydroxylation sites is 1. The Morgan fingerprint density at radius 3 is 2.62 bits per heavy atom. The highest BCUT2D eigenvalue weighted by Gasteiger charge is 2.41. The molecule has 2 aliphatic rings. The Hall–Kier alpha value is -3.78. The van der Waals surface area contributed by atoms with Crippen LogP contribution < -0.4 is 19.5 Å². The molecule has 6 rings (SSSR count). The number of methoxy groups -OCH3 is 2. The molecule has 0 saturated carbocycles. The molecular weight excluding hydrogens is 496 g/mol. The number of anilines is 1. The average molecular weight is 517 g/mol. The van der Waals surface area contributed by atoms with Gasteiger partial charge in [0, 0.05) is 21.2 Å². The van der Waals surface area contributed by atoms with Crippen molar-refractivity contribution in [3.63, 3.8) is 0 Å². The van der Waals surface area contributed by atoms with E-state index in [1.54, 1.807) is 20.5 Å². The van der Waals surface area contributed by atoms with Gasteiger partial charge in [0.2, 0.25) is 5.95 Å². The van der Waals surface area contributed by atoms with E-state index in [0.29, 0.717) is 5.95 Å². The molecule has 0 aliphatic carbocycles. The Bertz CT molecular complexity index is 1410. The van der Waals surface area contributed by atoms with Crippen LogP contribution in [0.5, 0.6) is 17.2 Å². The smallest absolute Gasteiger partial charge is 0.226 e. The lowest BCUT2D eigenvalue weighted by molar-refractivity contribution is 0.217. The maximum atomic E-state index is 6.69. The molecule has 3 heterocycles. The number of halogens is 1. The van der Waals surface area contributed by atoms with Gasteiger partial charge in [-0.05, 0) is 48.0 Å². The molecule has 8 heteroatoms. The highest BCUT2D eigenvalue weighted by Crippen LogP contribution is 2.52. The molecule has 7 nitrogen and oxygen atoms in total. The number of fused-ring (bicyclic) bond motifs is 3. The first kappa shape index (κ1) is 20.8. The fourth-order valence-electron chi connectivity index (χ4n) is 4.69. The second kappa shape index (κ2) is 8.22.